The third-order valence-corrected chi connectivity index (χ3v) is 5.15. The fourth-order valence-corrected chi connectivity index (χ4v) is 4.25. The zero-order chi connectivity index (χ0) is 11.9. The van der Waals surface area contributed by atoms with Crippen molar-refractivity contribution in [1.82, 2.24) is 0 Å². The van der Waals surface area contributed by atoms with E-state index in [-0.39, 0.29) is 4.87 Å². The van der Waals surface area contributed by atoms with E-state index < -0.39 is 0 Å². The molecule has 0 amide bonds. The Bertz CT molecular complexity index is 400. The van der Waals surface area contributed by atoms with Gasteiger partial charge in [-0.2, -0.15) is 0 Å². The molecule has 2 saturated carbocycles. The molecule has 2 fully saturated rings. The van der Waals surface area contributed by atoms with Crippen LogP contribution in [0.5, 0.6) is 5.75 Å². The molecule has 0 radical (unpaired) electrons. The second kappa shape index (κ2) is 4.20. The Kier molecular flexibility index (Phi) is 2.82. The SMILES string of the molecule is COc1ccc(CC2(Cl)CC3CCC2C3)cc1. The summed E-state index contributed by atoms with van der Waals surface area (Å²) >= 11 is 6.84. The van der Waals surface area contributed by atoms with Gasteiger partial charge in [0.15, 0.2) is 0 Å². The second-order valence-corrected chi connectivity index (χ2v) is 6.39. The van der Waals surface area contributed by atoms with Crippen LogP contribution in [0, 0.1) is 11.8 Å². The van der Waals surface area contributed by atoms with Crippen LogP contribution >= 0.6 is 11.6 Å². The van der Waals surface area contributed by atoms with Crippen LogP contribution in [-0.2, 0) is 6.42 Å². The molecule has 17 heavy (non-hydrogen) atoms. The van der Waals surface area contributed by atoms with Crippen LogP contribution in [0.2, 0.25) is 0 Å². The van der Waals surface area contributed by atoms with E-state index in [0.717, 1.165) is 24.0 Å². The van der Waals surface area contributed by atoms with Gasteiger partial charge in [0, 0.05) is 0 Å². The summed E-state index contributed by atoms with van der Waals surface area (Å²) in [5, 5.41) is 0. The van der Waals surface area contributed by atoms with Crippen molar-refractivity contribution in [2.45, 2.75) is 37.0 Å². The zero-order valence-corrected chi connectivity index (χ0v) is 11.0. The van der Waals surface area contributed by atoms with E-state index in [9.17, 15) is 0 Å². The number of ether oxygens (including phenoxy) is 1. The summed E-state index contributed by atoms with van der Waals surface area (Å²) < 4.78 is 5.18. The van der Waals surface area contributed by atoms with Crippen LogP contribution in [-0.4, -0.2) is 12.0 Å². The van der Waals surface area contributed by atoms with Gasteiger partial charge in [-0.1, -0.05) is 18.6 Å². The summed E-state index contributed by atoms with van der Waals surface area (Å²) in [4.78, 5) is 0.0392. The molecule has 3 atom stereocenters. The molecule has 2 bridgehead atoms. The second-order valence-electron chi connectivity index (χ2n) is 5.64. The van der Waals surface area contributed by atoms with Crippen LogP contribution in [0.1, 0.15) is 31.2 Å². The number of hydrogen-bond donors (Lipinski definition) is 0. The summed E-state index contributed by atoms with van der Waals surface area (Å²) in [5.74, 6) is 2.57. The monoisotopic (exact) mass is 250 g/mol. The fraction of sp³-hybridized carbons (Fsp3) is 0.600. The quantitative estimate of drug-likeness (QED) is 0.736. The average Bonchev–Trinajstić information content (AvgIpc) is 2.89. The first kappa shape index (κ1) is 11.4. The molecule has 1 nitrogen and oxygen atoms in total. The van der Waals surface area contributed by atoms with Crippen molar-refractivity contribution in [1.29, 1.82) is 0 Å². The van der Waals surface area contributed by atoms with Gasteiger partial charge in [0.2, 0.25) is 0 Å². The summed E-state index contributed by atoms with van der Waals surface area (Å²) in [6, 6.07) is 8.36. The lowest BCUT2D eigenvalue weighted by Crippen LogP contribution is -2.31. The first-order valence-electron chi connectivity index (χ1n) is 6.51. The van der Waals surface area contributed by atoms with Crippen molar-refractivity contribution in [2.24, 2.45) is 11.8 Å². The molecule has 0 spiro atoms. The van der Waals surface area contributed by atoms with Gasteiger partial charge >= 0.3 is 0 Å². The van der Waals surface area contributed by atoms with Crippen molar-refractivity contribution < 1.29 is 4.74 Å². The zero-order valence-electron chi connectivity index (χ0n) is 10.3. The number of hydrogen-bond acceptors (Lipinski definition) is 1. The molecule has 3 rings (SSSR count). The number of rotatable bonds is 3. The van der Waals surface area contributed by atoms with Crippen LogP contribution in [0.25, 0.3) is 0 Å². The lowest BCUT2D eigenvalue weighted by Gasteiger charge is -2.31. The lowest BCUT2D eigenvalue weighted by atomic mass is 9.83. The molecule has 2 heteroatoms. The molecule has 0 aromatic heterocycles. The minimum Gasteiger partial charge on any atom is -0.497 e. The van der Waals surface area contributed by atoms with Crippen molar-refractivity contribution in [3.63, 3.8) is 0 Å². The molecule has 0 saturated heterocycles. The third kappa shape index (κ3) is 2.06. The van der Waals surface area contributed by atoms with Crippen LogP contribution in [0.4, 0.5) is 0 Å². The minimum atomic E-state index is 0.0392. The molecule has 2 aliphatic carbocycles. The number of fused-ring (bicyclic) bond motifs is 2. The van der Waals surface area contributed by atoms with Gasteiger partial charge in [-0.15, -0.1) is 11.6 Å². The summed E-state index contributed by atoms with van der Waals surface area (Å²) in [6.07, 6.45) is 6.33. The highest BCUT2D eigenvalue weighted by atomic mass is 35.5. The standard InChI is InChI=1S/C15H19ClO/c1-17-14-6-3-11(4-7-14)9-15(16)10-12-2-5-13(15)8-12/h3-4,6-7,12-13H,2,5,8-10H2,1H3. The van der Waals surface area contributed by atoms with Crippen molar-refractivity contribution >= 4 is 11.6 Å². The normalized spacial score (nSPS) is 35.2. The molecule has 2 aliphatic rings. The largest absolute Gasteiger partial charge is 0.497 e. The molecular formula is C15H19ClO. The summed E-state index contributed by atoms with van der Waals surface area (Å²) in [6.45, 7) is 0. The first-order chi connectivity index (χ1) is 8.19. The molecule has 0 N–H and O–H groups in total. The smallest absolute Gasteiger partial charge is 0.118 e. The van der Waals surface area contributed by atoms with E-state index in [1.807, 2.05) is 12.1 Å². The van der Waals surface area contributed by atoms with E-state index >= 15 is 0 Å². The van der Waals surface area contributed by atoms with Crippen molar-refractivity contribution in [3.8, 4) is 5.75 Å². The van der Waals surface area contributed by atoms with E-state index in [1.54, 1.807) is 7.11 Å². The Balaban J connectivity index is 1.73. The topological polar surface area (TPSA) is 9.23 Å². The fourth-order valence-electron chi connectivity index (χ4n) is 3.68. The molecule has 92 valence electrons. The van der Waals surface area contributed by atoms with E-state index in [1.165, 1.54) is 31.2 Å². The molecule has 1 aromatic carbocycles. The maximum Gasteiger partial charge on any atom is 0.118 e. The number of methoxy groups -OCH3 is 1. The van der Waals surface area contributed by atoms with E-state index in [4.69, 9.17) is 16.3 Å². The van der Waals surface area contributed by atoms with Crippen LogP contribution in [0.3, 0.4) is 0 Å². The molecular weight excluding hydrogens is 232 g/mol. The van der Waals surface area contributed by atoms with Crippen molar-refractivity contribution in [2.75, 3.05) is 7.11 Å². The van der Waals surface area contributed by atoms with Gasteiger partial charge in [0.25, 0.3) is 0 Å². The van der Waals surface area contributed by atoms with Gasteiger partial charge in [-0.3, -0.25) is 0 Å². The predicted octanol–water partition coefficient (Wildman–Crippen LogP) is 4.04. The number of halogens is 1. The van der Waals surface area contributed by atoms with Crippen LogP contribution in [0.15, 0.2) is 24.3 Å². The highest BCUT2D eigenvalue weighted by Gasteiger charge is 2.49. The van der Waals surface area contributed by atoms with Gasteiger partial charge in [-0.25, -0.2) is 0 Å². The molecule has 0 heterocycles. The third-order valence-electron chi connectivity index (χ3n) is 4.56. The Labute approximate surface area is 108 Å². The maximum absolute atomic E-state index is 6.84. The first-order valence-corrected chi connectivity index (χ1v) is 6.89. The summed E-state index contributed by atoms with van der Waals surface area (Å²) in [7, 11) is 1.70. The van der Waals surface area contributed by atoms with E-state index in [2.05, 4.69) is 12.1 Å². The van der Waals surface area contributed by atoms with Crippen LogP contribution < -0.4 is 4.74 Å². The molecule has 0 aliphatic heterocycles. The highest BCUT2D eigenvalue weighted by Crippen LogP contribution is 2.55. The van der Waals surface area contributed by atoms with Gasteiger partial charge in [-0.05, 0) is 55.2 Å². The Morgan fingerprint density at radius 3 is 2.59 bits per heavy atom. The Morgan fingerprint density at radius 2 is 2.06 bits per heavy atom. The number of benzene rings is 1. The van der Waals surface area contributed by atoms with E-state index in [0.29, 0.717) is 0 Å². The number of alkyl halides is 1. The molecule has 1 aromatic rings. The van der Waals surface area contributed by atoms with Gasteiger partial charge in [0.05, 0.1) is 12.0 Å². The summed E-state index contributed by atoms with van der Waals surface area (Å²) in [5.41, 5.74) is 1.34. The minimum absolute atomic E-state index is 0.0392. The molecule has 3 unspecified atom stereocenters. The highest BCUT2D eigenvalue weighted by molar-refractivity contribution is 6.24. The van der Waals surface area contributed by atoms with Gasteiger partial charge < -0.3 is 4.74 Å². The predicted molar refractivity (Wildman–Crippen MR) is 70.7 cm³/mol. The van der Waals surface area contributed by atoms with Gasteiger partial charge in [0.1, 0.15) is 5.75 Å². The van der Waals surface area contributed by atoms with Crippen molar-refractivity contribution in [3.05, 3.63) is 29.8 Å². The Morgan fingerprint density at radius 1 is 1.29 bits per heavy atom. The average molecular weight is 251 g/mol. The Hall–Kier alpha value is -0.690. The lowest BCUT2D eigenvalue weighted by molar-refractivity contribution is 0.363. The maximum atomic E-state index is 6.84.